The Kier molecular flexibility index (Phi) is 3.20. The van der Waals surface area contributed by atoms with Crippen molar-refractivity contribution in [3.05, 3.63) is 42.2 Å². The first-order chi connectivity index (χ1) is 7.68. The first-order valence-corrected chi connectivity index (χ1v) is 5.76. The van der Waals surface area contributed by atoms with Crippen LogP contribution in [0.25, 0.3) is 10.8 Å². The molecule has 1 heterocycles. The largest absolute Gasteiger partial charge is 0.328 e. The fourth-order valence-electron chi connectivity index (χ4n) is 2.25. The highest BCUT2D eigenvalue weighted by Crippen LogP contribution is 2.27. The molecule has 1 aromatic heterocycles. The zero-order valence-corrected chi connectivity index (χ0v) is 9.85. The Morgan fingerprint density at radius 3 is 2.81 bits per heavy atom. The normalized spacial score (nSPS) is 14.9. The van der Waals surface area contributed by atoms with E-state index < -0.39 is 0 Å². The highest BCUT2D eigenvalue weighted by Gasteiger charge is 2.10. The number of benzene rings is 1. The summed E-state index contributed by atoms with van der Waals surface area (Å²) < 4.78 is 0. The van der Waals surface area contributed by atoms with Gasteiger partial charge in [0.15, 0.2) is 0 Å². The average molecular weight is 214 g/mol. The number of fused-ring (bicyclic) bond motifs is 1. The van der Waals surface area contributed by atoms with Gasteiger partial charge >= 0.3 is 0 Å². The summed E-state index contributed by atoms with van der Waals surface area (Å²) in [4.78, 5) is 4.20. The van der Waals surface area contributed by atoms with Gasteiger partial charge in [-0.1, -0.05) is 25.1 Å². The molecule has 16 heavy (non-hydrogen) atoms. The Morgan fingerprint density at radius 2 is 2.06 bits per heavy atom. The molecule has 0 bridgehead atoms. The van der Waals surface area contributed by atoms with Gasteiger partial charge in [0.1, 0.15) is 0 Å². The molecule has 2 unspecified atom stereocenters. The maximum Gasteiger partial charge on any atom is 0.0349 e. The molecule has 0 aliphatic carbocycles. The molecule has 2 aromatic rings. The molecule has 0 amide bonds. The van der Waals surface area contributed by atoms with Gasteiger partial charge in [-0.2, -0.15) is 0 Å². The van der Waals surface area contributed by atoms with E-state index in [2.05, 4.69) is 43.1 Å². The molecule has 0 saturated heterocycles. The second-order valence-corrected chi connectivity index (χ2v) is 4.56. The average Bonchev–Trinajstić information content (AvgIpc) is 2.27. The van der Waals surface area contributed by atoms with Crippen molar-refractivity contribution in [3.8, 4) is 0 Å². The smallest absolute Gasteiger partial charge is 0.0349 e. The van der Waals surface area contributed by atoms with Crippen LogP contribution in [-0.4, -0.2) is 11.0 Å². The summed E-state index contributed by atoms with van der Waals surface area (Å²) in [6.45, 7) is 4.28. The van der Waals surface area contributed by atoms with Gasteiger partial charge in [0.25, 0.3) is 0 Å². The molecule has 84 valence electrons. The molecule has 0 aliphatic heterocycles. The van der Waals surface area contributed by atoms with E-state index in [1.54, 1.807) is 0 Å². The van der Waals surface area contributed by atoms with Gasteiger partial charge in [-0.05, 0) is 36.3 Å². The first kappa shape index (κ1) is 11.1. The van der Waals surface area contributed by atoms with Crippen molar-refractivity contribution in [3.63, 3.8) is 0 Å². The molecule has 2 heteroatoms. The Morgan fingerprint density at radius 1 is 1.25 bits per heavy atom. The lowest BCUT2D eigenvalue weighted by atomic mass is 9.91. The van der Waals surface area contributed by atoms with Crippen molar-refractivity contribution in [2.24, 2.45) is 5.73 Å². The van der Waals surface area contributed by atoms with Crippen LogP contribution in [0.15, 0.2) is 36.7 Å². The molecule has 0 saturated carbocycles. The highest BCUT2D eigenvalue weighted by atomic mass is 14.6. The minimum Gasteiger partial charge on any atom is -0.328 e. The van der Waals surface area contributed by atoms with Crippen LogP contribution in [0.5, 0.6) is 0 Å². The van der Waals surface area contributed by atoms with Gasteiger partial charge in [0.05, 0.1) is 0 Å². The molecule has 2 N–H and O–H groups in total. The summed E-state index contributed by atoms with van der Waals surface area (Å²) in [5.74, 6) is 0.480. The number of nitrogens with zero attached hydrogens (tertiary/aromatic N) is 1. The van der Waals surface area contributed by atoms with Gasteiger partial charge in [0, 0.05) is 23.8 Å². The molecule has 2 rings (SSSR count). The number of hydrogen-bond acceptors (Lipinski definition) is 2. The summed E-state index contributed by atoms with van der Waals surface area (Å²) >= 11 is 0. The van der Waals surface area contributed by atoms with E-state index in [9.17, 15) is 0 Å². The van der Waals surface area contributed by atoms with Crippen LogP contribution in [0.3, 0.4) is 0 Å². The lowest BCUT2D eigenvalue weighted by Gasteiger charge is -2.16. The predicted molar refractivity (Wildman–Crippen MR) is 68.4 cm³/mol. The van der Waals surface area contributed by atoms with Gasteiger partial charge in [0.2, 0.25) is 0 Å². The van der Waals surface area contributed by atoms with Crippen LogP contribution < -0.4 is 5.73 Å². The summed E-state index contributed by atoms with van der Waals surface area (Å²) in [5.41, 5.74) is 7.21. The minimum absolute atomic E-state index is 0.238. The number of nitrogens with two attached hydrogens (primary N) is 1. The van der Waals surface area contributed by atoms with E-state index in [-0.39, 0.29) is 6.04 Å². The molecule has 0 spiro atoms. The zero-order valence-electron chi connectivity index (χ0n) is 9.85. The Balaban J connectivity index is 2.44. The Labute approximate surface area is 96.5 Å². The fourth-order valence-corrected chi connectivity index (χ4v) is 2.25. The van der Waals surface area contributed by atoms with Crippen molar-refractivity contribution < 1.29 is 0 Å². The van der Waals surface area contributed by atoms with Crippen LogP contribution >= 0.6 is 0 Å². The molecular weight excluding hydrogens is 196 g/mol. The van der Waals surface area contributed by atoms with Crippen molar-refractivity contribution in [1.29, 1.82) is 0 Å². The SMILES string of the molecule is CC(N)CC(C)c1cccc2ccncc12. The molecule has 0 aliphatic rings. The molecule has 0 radical (unpaired) electrons. The topological polar surface area (TPSA) is 38.9 Å². The van der Waals surface area contributed by atoms with E-state index in [4.69, 9.17) is 5.73 Å². The van der Waals surface area contributed by atoms with Crippen LogP contribution in [0, 0.1) is 0 Å². The molecular formula is C14H18N2. The zero-order chi connectivity index (χ0) is 11.5. The van der Waals surface area contributed by atoms with Gasteiger partial charge in [-0.25, -0.2) is 0 Å². The van der Waals surface area contributed by atoms with Crippen molar-refractivity contribution in [2.75, 3.05) is 0 Å². The van der Waals surface area contributed by atoms with Crippen LogP contribution in [0.4, 0.5) is 0 Å². The summed E-state index contributed by atoms with van der Waals surface area (Å²) in [7, 11) is 0. The number of pyridine rings is 1. The second-order valence-electron chi connectivity index (χ2n) is 4.56. The fraction of sp³-hybridized carbons (Fsp3) is 0.357. The Bertz CT molecular complexity index is 472. The molecule has 0 fully saturated rings. The highest BCUT2D eigenvalue weighted by molar-refractivity contribution is 5.85. The number of hydrogen-bond donors (Lipinski definition) is 1. The summed E-state index contributed by atoms with van der Waals surface area (Å²) in [5, 5.41) is 2.50. The van der Waals surface area contributed by atoms with Crippen molar-refractivity contribution in [1.82, 2.24) is 4.98 Å². The molecule has 1 aromatic carbocycles. The van der Waals surface area contributed by atoms with Gasteiger partial charge in [-0.15, -0.1) is 0 Å². The Hall–Kier alpha value is -1.41. The molecule has 2 atom stereocenters. The summed E-state index contributed by atoms with van der Waals surface area (Å²) in [6, 6.07) is 8.70. The number of rotatable bonds is 3. The quantitative estimate of drug-likeness (QED) is 0.852. The first-order valence-electron chi connectivity index (χ1n) is 5.76. The van der Waals surface area contributed by atoms with Crippen LogP contribution in [0.1, 0.15) is 31.7 Å². The van der Waals surface area contributed by atoms with Crippen LogP contribution in [-0.2, 0) is 0 Å². The third-order valence-electron chi connectivity index (χ3n) is 2.97. The third kappa shape index (κ3) is 2.22. The van der Waals surface area contributed by atoms with Crippen molar-refractivity contribution >= 4 is 10.8 Å². The maximum absolute atomic E-state index is 5.86. The third-order valence-corrected chi connectivity index (χ3v) is 2.97. The van der Waals surface area contributed by atoms with Crippen molar-refractivity contribution in [2.45, 2.75) is 32.2 Å². The van der Waals surface area contributed by atoms with E-state index in [0.717, 1.165) is 6.42 Å². The minimum atomic E-state index is 0.238. The van der Waals surface area contributed by atoms with Crippen LogP contribution in [0.2, 0.25) is 0 Å². The van der Waals surface area contributed by atoms with E-state index >= 15 is 0 Å². The lowest BCUT2D eigenvalue weighted by molar-refractivity contribution is 0.588. The van der Waals surface area contributed by atoms with E-state index in [1.165, 1.54) is 16.3 Å². The monoisotopic (exact) mass is 214 g/mol. The lowest BCUT2D eigenvalue weighted by Crippen LogP contribution is -2.17. The summed E-state index contributed by atoms with van der Waals surface area (Å²) in [6.07, 6.45) is 4.79. The second kappa shape index (κ2) is 4.62. The standard InChI is InChI=1S/C14H18N2/c1-10(8-11(2)15)13-5-3-4-12-6-7-16-9-14(12)13/h3-7,9-11H,8,15H2,1-2H3. The van der Waals surface area contributed by atoms with Gasteiger partial charge < -0.3 is 5.73 Å². The van der Waals surface area contributed by atoms with E-state index in [1.807, 2.05) is 12.4 Å². The van der Waals surface area contributed by atoms with Gasteiger partial charge in [-0.3, -0.25) is 4.98 Å². The van der Waals surface area contributed by atoms with E-state index in [0.29, 0.717) is 5.92 Å². The predicted octanol–water partition coefficient (Wildman–Crippen LogP) is 3.08. The molecule has 2 nitrogen and oxygen atoms in total. The maximum atomic E-state index is 5.86. The number of aromatic nitrogens is 1.